The number of hydrogen-bond acceptors (Lipinski definition) is 5. The number of alkyl halides is 3. The Labute approximate surface area is 252 Å². The van der Waals surface area contributed by atoms with Gasteiger partial charge in [-0.15, -0.1) is 0 Å². The molecule has 0 unspecified atom stereocenters. The fourth-order valence-electron chi connectivity index (χ4n) is 4.94. The first kappa shape index (κ1) is 31.0. The Bertz CT molecular complexity index is 1950. The Kier molecular flexibility index (Phi) is 8.13. The fraction of sp³-hybridized carbons (Fsp3) is 0.212. The summed E-state index contributed by atoms with van der Waals surface area (Å²) in [4.78, 5) is 16.0. The minimum Gasteiger partial charge on any atom is -0.481 e. The number of rotatable bonds is 9. The lowest BCUT2D eigenvalue weighted by atomic mass is 9.83. The van der Waals surface area contributed by atoms with Crippen LogP contribution in [-0.4, -0.2) is 28.8 Å². The van der Waals surface area contributed by atoms with Gasteiger partial charge >= 0.3 is 12.1 Å². The number of nitrogens with zero attached hydrogens (tertiary/aromatic N) is 2. The zero-order chi connectivity index (χ0) is 31.9. The van der Waals surface area contributed by atoms with E-state index in [9.17, 15) is 31.5 Å². The van der Waals surface area contributed by atoms with Crippen molar-refractivity contribution in [1.82, 2.24) is 9.29 Å². The van der Waals surface area contributed by atoms with E-state index in [1.807, 2.05) is 6.07 Å². The molecule has 0 radical (unpaired) electrons. The van der Waals surface area contributed by atoms with Crippen LogP contribution < -0.4 is 0 Å². The lowest BCUT2D eigenvalue weighted by Crippen LogP contribution is -2.31. The second-order valence-electron chi connectivity index (χ2n) is 11.0. The van der Waals surface area contributed by atoms with Gasteiger partial charge in [0.25, 0.3) is 0 Å². The van der Waals surface area contributed by atoms with Gasteiger partial charge in [0.1, 0.15) is 5.76 Å². The molecule has 0 bridgehead atoms. The highest BCUT2D eigenvalue weighted by Crippen LogP contribution is 2.34. The molecule has 0 spiro atoms. The number of hydrogen-bond donors (Lipinski definition) is 1. The van der Waals surface area contributed by atoms with Crippen LogP contribution in [0.25, 0.3) is 22.0 Å². The molecule has 11 heteroatoms. The molecule has 228 valence electrons. The topological polar surface area (TPSA) is 101 Å². The molecule has 0 saturated heterocycles. The molecule has 44 heavy (non-hydrogen) atoms. The van der Waals surface area contributed by atoms with Crippen LogP contribution in [0.4, 0.5) is 13.2 Å². The van der Waals surface area contributed by atoms with Gasteiger partial charge in [-0.1, -0.05) is 54.6 Å². The molecule has 0 aliphatic heterocycles. The maximum Gasteiger partial charge on any atom is 0.449 e. The Morgan fingerprint density at radius 1 is 0.909 bits per heavy atom. The fourth-order valence-corrected chi connectivity index (χ4v) is 6.74. The largest absolute Gasteiger partial charge is 0.481 e. The van der Waals surface area contributed by atoms with E-state index in [0.29, 0.717) is 27.6 Å². The van der Waals surface area contributed by atoms with Gasteiger partial charge in [0.15, 0.2) is 0 Å². The Hall–Kier alpha value is -4.48. The minimum absolute atomic E-state index is 0.0141. The summed E-state index contributed by atoms with van der Waals surface area (Å²) in [6, 6.07) is 22.7. The van der Waals surface area contributed by atoms with Gasteiger partial charge in [-0.25, -0.2) is 8.42 Å². The third-order valence-corrected chi connectivity index (χ3v) is 9.56. The lowest BCUT2D eigenvalue weighted by molar-refractivity contribution is -0.153. The molecule has 7 nitrogen and oxygen atoms in total. The molecule has 5 aromatic rings. The molecule has 0 fully saturated rings. The van der Waals surface area contributed by atoms with E-state index in [2.05, 4.69) is 4.98 Å². The first-order valence-electron chi connectivity index (χ1n) is 13.6. The number of halogens is 3. The van der Waals surface area contributed by atoms with Crippen molar-refractivity contribution >= 4 is 26.9 Å². The van der Waals surface area contributed by atoms with Crippen molar-refractivity contribution in [2.75, 3.05) is 0 Å². The van der Waals surface area contributed by atoms with Crippen molar-refractivity contribution in [1.29, 1.82) is 0 Å². The van der Waals surface area contributed by atoms with Gasteiger partial charge in [0, 0.05) is 18.1 Å². The summed E-state index contributed by atoms with van der Waals surface area (Å²) >= 11 is 0. The van der Waals surface area contributed by atoms with Crippen LogP contribution in [-0.2, 0) is 39.5 Å². The minimum atomic E-state index is -4.72. The van der Waals surface area contributed by atoms with Gasteiger partial charge in [-0.2, -0.15) is 17.5 Å². The average molecular weight is 623 g/mol. The number of fused-ring (bicyclic) bond motifs is 1. The van der Waals surface area contributed by atoms with Crippen LogP contribution in [0.1, 0.15) is 42.1 Å². The van der Waals surface area contributed by atoms with E-state index >= 15 is 0 Å². The molecule has 2 heterocycles. The highest BCUT2D eigenvalue weighted by atomic mass is 32.2. The van der Waals surface area contributed by atoms with E-state index in [-0.39, 0.29) is 17.2 Å². The van der Waals surface area contributed by atoms with E-state index in [1.54, 1.807) is 93.7 Å². The monoisotopic (exact) mass is 622 g/mol. The van der Waals surface area contributed by atoms with Crippen molar-refractivity contribution in [3.05, 3.63) is 119 Å². The average Bonchev–Trinajstić information content (AvgIpc) is 3.46. The van der Waals surface area contributed by atoms with Gasteiger partial charge < -0.3 is 9.52 Å². The number of benzene rings is 3. The predicted octanol–water partition coefficient (Wildman–Crippen LogP) is 7.58. The molecule has 0 saturated carbocycles. The molecule has 1 N–H and O–H groups in total. The second kappa shape index (κ2) is 11.5. The van der Waals surface area contributed by atoms with Crippen LogP contribution >= 0.6 is 0 Å². The molecule has 5 rings (SSSR count). The number of aliphatic carboxylic acids is 1. The molecule has 0 aliphatic carbocycles. The summed E-state index contributed by atoms with van der Waals surface area (Å²) in [6.07, 6.45) is -3.17. The van der Waals surface area contributed by atoms with Crippen molar-refractivity contribution in [2.45, 2.75) is 50.3 Å². The van der Waals surface area contributed by atoms with Crippen LogP contribution in [0.5, 0.6) is 0 Å². The van der Waals surface area contributed by atoms with Crippen molar-refractivity contribution in [2.24, 2.45) is 0 Å². The van der Waals surface area contributed by atoms with Crippen LogP contribution in [0, 0.1) is 6.92 Å². The number of sulfonamides is 1. The summed E-state index contributed by atoms with van der Waals surface area (Å²) < 4.78 is 74.4. The van der Waals surface area contributed by atoms with Crippen molar-refractivity contribution in [3.63, 3.8) is 0 Å². The molecule has 0 atom stereocenters. The normalized spacial score (nSPS) is 12.6. The molecule has 0 aliphatic rings. The molecular weight excluding hydrogens is 593 g/mol. The standard InChI is InChI=1S/C33H29F3N2O5S/c1-21-9-15-28-27(8-5-17-37-28)30(21)44(41,42)38(20-26-14-16-29(43-26)33(34,35)36)19-22-10-12-23(13-11-22)24-6-4-7-25(18-24)32(2,3)31(39)40/h4-18H,19-20H2,1-3H3,(H,39,40). The number of carboxylic acids is 1. The summed E-state index contributed by atoms with van der Waals surface area (Å²) in [5.41, 5.74) is 2.60. The number of pyridine rings is 1. The molecule has 0 amide bonds. The number of carboxylic acid groups (broad SMARTS) is 1. The van der Waals surface area contributed by atoms with E-state index < -0.39 is 39.9 Å². The first-order chi connectivity index (χ1) is 20.7. The first-order valence-corrected chi connectivity index (χ1v) is 15.1. The molecule has 2 aromatic heterocycles. The second-order valence-corrected chi connectivity index (χ2v) is 12.9. The third-order valence-electron chi connectivity index (χ3n) is 7.57. The number of aromatic nitrogens is 1. The zero-order valence-electron chi connectivity index (χ0n) is 24.1. The highest BCUT2D eigenvalue weighted by molar-refractivity contribution is 7.89. The highest BCUT2D eigenvalue weighted by Gasteiger charge is 2.36. The van der Waals surface area contributed by atoms with Crippen LogP contribution in [0.15, 0.2) is 100 Å². The van der Waals surface area contributed by atoms with Crippen LogP contribution in [0.3, 0.4) is 0 Å². The lowest BCUT2D eigenvalue weighted by Gasteiger charge is -2.24. The molecular formula is C33H29F3N2O5S. The quantitative estimate of drug-likeness (QED) is 0.182. The van der Waals surface area contributed by atoms with Gasteiger partial charge in [-0.05, 0) is 78.9 Å². The number of carbonyl (C=O) groups is 1. The SMILES string of the molecule is Cc1ccc2ncccc2c1S(=O)(=O)N(Cc1ccc(-c2cccc(C(C)(C)C(=O)O)c2)cc1)Cc1ccc(C(F)(F)F)o1. The summed E-state index contributed by atoms with van der Waals surface area (Å²) in [6.45, 7) is 4.30. The van der Waals surface area contributed by atoms with Crippen molar-refractivity contribution in [3.8, 4) is 11.1 Å². The number of furan rings is 1. The Balaban J connectivity index is 1.52. The smallest absolute Gasteiger partial charge is 0.449 e. The van der Waals surface area contributed by atoms with E-state index in [0.717, 1.165) is 27.6 Å². The van der Waals surface area contributed by atoms with Crippen molar-refractivity contribution < 1.29 is 35.9 Å². The van der Waals surface area contributed by atoms with Gasteiger partial charge in [0.05, 0.1) is 22.4 Å². The molecule has 3 aromatic carbocycles. The predicted molar refractivity (Wildman–Crippen MR) is 159 cm³/mol. The maximum atomic E-state index is 14.2. The Morgan fingerprint density at radius 2 is 1.64 bits per heavy atom. The summed E-state index contributed by atoms with van der Waals surface area (Å²) in [5, 5.41) is 10.0. The Morgan fingerprint density at radius 3 is 2.30 bits per heavy atom. The maximum absolute atomic E-state index is 14.2. The van der Waals surface area contributed by atoms with E-state index in [1.165, 1.54) is 0 Å². The number of aryl methyl sites for hydroxylation is 1. The zero-order valence-corrected chi connectivity index (χ0v) is 24.9. The van der Waals surface area contributed by atoms with E-state index in [4.69, 9.17) is 4.42 Å². The van der Waals surface area contributed by atoms with Crippen LogP contribution in [0.2, 0.25) is 0 Å². The van der Waals surface area contributed by atoms with Gasteiger partial charge in [-0.3, -0.25) is 9.78 Å². The van der Waals surface area contributed by atoms with Gasteiger partial charge in [0.2, 0.25) is 15.8 Å². The third kappa shape index (κ3) is 6.11. The summed E-state index contributed by atoms with van der Waals surface area (Å²) in [5.74, 6) is -2.33. The summed E-state index contributed by atoms with van der Waals surface area (Å²) in [7, 11) is -4.28.